The highest BCUT2D eigenvalue weighted by Crippen LogP contribution is 2.24. The molecular formula is C21H21ClFN9. The Morgan fingerprint density at radius 3 is 2.53 bits per heavy atom. The summed E-state index contributed by atoms with van der Waals surface area (Å²) in [5.41, 5.74) is 8.19. The van der Waals surface area contributed by atoms with Crippen LogP contribution in [0.3, 0.4) is 0 Å². The highest BCUT2D eigenvalue weighted by molar-refractivity contribution is 6.30. The molecule has 0 spiro atoms. The number of hydrogen-bond donors (Lipinski definition) is 3. The SMILES string of the molecule is NC1CCC(Nc2ccc3ncc(-c4cnc(Nc5ncc(Cl)cc5F)nc4)n3n2)CC1. The Bertz CT molecular complexity index is 1240. The van der Waals surface area contributed by atoms with Gasteiger partial charge in [-0.15, -0.1) is 5.10 Å². The van der Waals surface area contributed by atoms with Crippen LogP contribution < -0.4 is 16.4 Å². The lowest BCUT2D eigenvalue weighted by molar-refractivity contribution is 0.410. The molecule has 0 amide bonds. The molecule has 0 bridgehead atoms. The van der Waals surface area contributed by atoms with Crippen molar-refractivity contribution in [3.8, 4) is 11.3 Å². The van der Waals surface area contributed by atoms with Crippen molar-refractivity contribution in [2.75, 3.05) is 10.6 Å². The summed E-state index contributed by atoms with van der Waals surface area (Å²) >= 11 is 5.73. The van der Waals surface area contributed by atoms with Gasteiger partial charge < -0.3 is 16.4 Å². The zero-order valence-electron chi connectivity index (χ0n) is 17.0. The van der Waals surface area contributed by atoms with Crippen LogP contribution in [0.1, 0.15) is 25.7 Å². The third kappa shape index (κ3) is 4.32. The van der Waals surface area contributed by atoms with Gasteiger partial charge >= 0.3 is 0 Å². The number of hydrogen-bond acceptors (Lipinski definition) is 8. The number of imidazole rings is 1. The van der Waals surface area contributed by atoms with E-state index in [1.807, 2.05) is 12.1 Å². The number of aromatic nitrogens is 6. The maximum Gasteiger partial charge on any atom is 0.228 e. The van der Waals surface area contributed by atoms with Crippen LogP contribution in [0.4, 0.5) is 22.0 Å². The molecule has 164 valence electrons. The molecule has 32 heavy (non-hydrogen) atoms. The molecule has 1 saturated carbocycles. The van der Waals surface area contributed by atoms with E-state index in [1.54, 1.807) is 23.1 Å². The number of nitrogens with one attached hydrogen (secondary N) is 2. The van der Waals surface area contributed by atoms with Crippen molar-refractivity contribution in [3.63, 3.8) is 0 Å². The highest BCUT2D eigenvalue weighted by atomic mass is 35.5. The van der Waals surface area contributed by atoms with Crippen molar-refractivity contribution in [3.05, 3.63) is 53.8 Å². The molecule has 11 heteroatoms. The molecule has 0 radical (unpaired) electrons. The lowest BCUT2D eigenvalue weighted by Gasteiger charge is -2.27. The second-order valence-corrected chi connectivity index (χ2v) is 8.23. The van der Waals surface area contributed by atoms with E-state index in [0.717, 1.165) is 42.8 Å². The molecule has 0 aromatic carbocycles. The Labute approximate surface area is 188 Å². The lowest BCUT2D eigenvalue weighted by atomic mass is 9.92. The van der Waals surface area contributed by atoms with Gasteiger partial charge in [-0.05, 0) is 43.9 Å². The van der Waals surface area contributed by atoms with Crippen LogP contribution in [0, 0.1) is 5.82 Å². The number of rotatable bonds is 5. The molecule has 0 saturated heterocycles. The Balaban J connectivity index is 1.35. The normalized spacial score (nSPS) is 18.6. The van der Waals surface area contributed by atoms with E-state index in [0.29, 0.717) is 17.7 Å². The van der Waals surface area contributed by atoms with Gasteiger partial charge in [0.2, 0.25) is 5.95 Å². The number of nitrogens with zero attached hydrogens (tertiary/aromatic N) is 6. The van der Waals surface area contributed by atoms with E-state index in [2.05, 4.69) is 30.6 Å². The first-order chi connectivity index (χ1) is 15.5. The lowest BCUT2D eigenvalue weighted by Crippen LogP contribution is -2.33. The monoisotopic (exact) mass is 453 g/mol. The smallest absolute Gasteiger partial charge is 0.228 e. The van der Waals surface area contributed by atoms with Crippen molar-refractivity contribution in [2.24, 2.45) is 5.73 Å². The van der Waals surface area contributed by atoms with Gasteiger partial charge in [0, 0.05) is 36.2 Å². The van der Waals surface area contributed by atoms with Crippen LogP contribution in [0.2, 0.25) is 5.02 Å². The fourth-order valence-corrected chi connectivity index (χ4v) is 3.90. The summed E-state index contributed by atoms with van der Waals surface area (Å²) in [7, 11) is 0. The van der Waals surface area contributed by atoms with Gasteiger partial charge in [-0.2, -0.15) is 0 Å². The van der Waals surface area contributed by atoms with Gasteiger partial charge in [0.15, 0.2) is 17.3 Å². The second-order valence-electron chi connectivity index (χ2n) is 7.79. The minimum Gasteiger partial charge on any atom is -0.366 e. The number of halogens is 2. The number of fused-ring (bicyclic) bond motifs is 1. The molecule has 5 rings (SSSR count). The van der Waals surface area contributed by atoms with Crippen LogP contribution in [0.15, 0.2) is 43.0 Å². The van der Waals surface area contributed by atoms with Gasteiger partial charge in [0.05, 0.1) is 16.9 Å². The van der Waals surface area contributed by atoms with Crippen LogP contribution >= 0.6 is 11.6 Å². The van der Waals surface area contributed by atoms with E-state index in [-0.39, 0.29) is 16.8 Å². The van der Waals surface area contributed by atoms with Crippen molar-refractivity contribution in [1.82, 2.24) is 29.5 Å². The summed E-state index contributed by atoms with van der Waals surface area (Å²) in [6.45, 7) is 0. The molecule has 0 atom stereocenters. The van der Waals surface area contributed by atoms with Crippen molar-refractivity contribution >= 4 is 34.8 Å². The van der Waals surface area contributed by atoms with E-state index in [9.17, 15) is 4.39 Å². The van der Waals surface area contributed by atoms with E-state index < -0.39 is 5.82 Å². The van der Waals surface area contributed by atoms with Crippen LogP contribution in [0.5, 0.6) is 0 Å². The summed E-state index contributed by atoms with van der Waals surface area (Å²) in [6.07, 6.45) is 10.4. The molecule has 4 N–H and O–H groups in total. The molecule has 4 aromatic heterocycles. The van der Waals surface area contributed by atoms with Crippen LogP contribution in [-0.4, -0.2) is 41.6 Å². The van der Waals surface area contributed by atoms with Crippen LogP contribution in [0.25, 0.3) is 16.9 Å². The first-order valence-electron chi connectivity index (χ1n) is 10.3. The summed E-state index contributed by atoms with van der Waals surface area (Å²) in [6, 6.07) is 5.68. The Morgan fingerprint density at radius 2 is 1.78 bits per heavy atom. The maximum atomic E-state index is 13.9. The average molecular weight is 454 g/mol. The molecule has 0 aliphatic heterocycles. The van der Waals surface area contributed by atoms with Crippen LogP contribution in [-0.2, 0) is 0 Å². The first kappa shape index (κ1) is 20.5. The fraction of sp³-hybridized carbons (Fsp3) is 0.286. The molecule has 1 aliphatic rings. The Hall–Kier alpha value is -3.37. The fourth-order valence-electron chi connectivity index (χ4n) is 3.76. The molecular weight excluding hydrogens is 433 g/mol. The predicted molar refractivity (Wildman–Crippen MR) is 120 cm³/mol. The Kier molecular flexibility index (Phi) is 5.54. The zero-order chi connectivity index (χ0) is 22.1. The third-order valence-electron chi connectivity index (χ3n) is 5.47. The quantitative estimate of drug-likeness (QED) is 0.417. The largest absolute Gasteiger partial charge is 0.366 e. The topological polar surface area (TPSA) is 119 Å². The van der Waals surface area contributed by atoms with Gasteiger partial charge in [-0.25, -0.2) is 28.8 Å². The molecule has 9 nitrogen and oxygen atoms in total. The number of nitrogens with two attached hydrogens (primary N) is 1. The maximum absolute atomic E-state index is 13.9. The summed E-state index contributed by atoms with van der Waals surface area (Å²) in [5.74, 6) is 0.400. The molecule has 1 fully saturated rings. The minimum atomic E-state index is -0.587. The van der Waals surface area contributed by atoms with Crippen molar-refractivity contribution in [1.29, 1.82) is 0 Å². The number of pyridine rings is 1. The predicted octanol–water partition coefficient (Wildman–Crippen LogP) is 3.80. The molecule has 4 heterocycles. The van der Waals surface area contributed by atoms with Gasteiger partial charge in [-0.3, -0.25) is 0 Å². The molecule has 1 aliphatic carbocycles. The summed E-state index contributed by atoms with van der Waals surface area (Å²) in [5, 5.41) is 11.2. The third-order valence-corrected chi connectivity index (χ3v) is 5.68. The first-order valence-corrected chi connectivity index (χ1v) is 10.7. The Morgan fingerprint density at radius 1 is 1.00 bits per heavy atom. The van der Waals surface area contributed by atoms with Gasteiger partial charge in [-0.1, -0.05) is 11.6 Å². The van der Waals surface area contributed by atoms with Crippen molar-refractivity contribution in [2.45, 2.75) is 37.8 Å². The standard InChI is InChI=1S/C21H21ClFN9/c22-13-7-16(23)20(26-10-13)30-21-27-8-12(9-28-21)17-11-25-19-6-5-18(31-32(17)19)29-15-3-1-14(24)2-4-15/h5-11,14-15H,1-4,24H2,(H,29,31)(H,26,27,28,30). The van der Waals surface area contributed by atoms with Gasteiger partial charge in [0.1, 0.15) is 5.82 Å². The molecule has 0 unspecified atom stereocenters. The zero-order valence-corrected chi connectivity index (χ0v) is 17.8. The summed E-state index contributed by atoms with van der Waals surface area (Å²) < 4.78 is 15.7. The highest BCUT2D eigenvalue weighted by Gasteiger charge is 2.19. The van der Waals surface area contributed by atoms with Crippen molar-refractivity contribution < 1.29 is 4.39 Å². The van der Waals surface area contributed by atoms with Gasteiger partial charge in [0.25, 0.3) is 0 Å². The summed E-state index contributed by atoms with van der Waals surface area (Å²) in [4.78, 5) is 16.9. The minimum absolute atomic E-state index is 0.00185. The average Bonchev–Trinajstić information content (AvgIpc) is 3.21. The van der Waals surface area contributed by atoms with E-state index in [4.69, 9.17) is 22.4 Å². The van der Waals surface area contributed by atoms with E-state index in [1.165, 1.54) is 12.3 Å². The molecule has 4 aromatic rings. The second kappa shape index (κ2) is 8.64. The number of anilines is 3. The van der Waals surface area contributed by atoms with E-state index >= 15 is 0 Å².